The summed E-state index contributed by atoms with van der Waals surface area (Å²) >= 11 is 6.88. The minimum absolute atomic E-state index is 0.0299. The van der Waals surface area contributed by atoms with Crippen molar-refractivity contribution >= 4 is 29.3 Å². The maximum atomic E-state index is 13.5. The first-order valence-corrected chi connectivity index (χ1v) is 8.81. The standard InChI is InChI=1S/C17H12ClF2N3O2S/c18-11-3-1-2-10(6-11)17-22-16(25-23-17)8-21-15(24)9-26-14-5-4-12(19)7-13(14)20/h1-7H,8-9H2,(H,21,24). The van der Waals surface area contributed by atoms with Crippen molar-refractivity contribution in [2.24, 2.45) is 0 Å². The second-order valence-electron chi connectivity index (χ2n) is 5.16. The van der Waals surface area contributed by atoms with Crippen LogP contribution in [0.3, 0.4) is 0 Å². The highest BCUT2D eigenvalue weighted by atomic mass is 35.5. The number of carbonyl (C=O) groups excluding carboxylic acids is 1. The van der Waals surface area contributed by atoms with Gasteiger partial charge in [-0.1, -0.05) is 28.9 Å². The van der Waals surface area contributed by atoms with Gasteiger partial charge in [-0.05, 0) is 24.3 Å². The molecule has 2 aromatic carbocycles. The van der Waals surface area contributed by atoms with Crippen molar-refractivity contribution in [1.29, 1.82) is 0 Å². The number of carbonyl (C=O) groups is 1. The van der Waals surface area contributed by atoms with Crippen molar-refractivity contribution in [3.63, 3.8) is 0 Å². The molecule has 0 aliphatic heterocycles. The van der Waals surface area contributed by atoms with Gasteiger partial charge in [0.15, 0.2) is 0 Å². The largest absolute Gasteiger partial charge is 0.346 e. The van der Waals surface area contributed by atoms with E-state index < -0.39 is 11.6 Å². The molecule has 1 heterocycles. The molecule has 9 heteroatoms. The molecule has 0 aliphatic carbocycles. The summed E-state index contributed by atoms with van der Waals surface area (Å²) in [7, 11) is 0. The van der Waals surface area contributed by atoms with Crippen molar-refractivity contribution in [2.75, 3.05) is 5.75 Å². The zero-order chi connectivity index (χ0) is 18.5. The van der Waals surface area contributed by atoms with E-state index in [4.69, 9.17) is 16.1 Å². The Hall–Kier alpha value is -2.45. The first-order chi connectivity index (χ1) is 12.5. The summed E-state index contributed by atoms with van der Waals surface area (Å²) in [6.07, 6.45) is 0. The highest BCUT2D eigenvalue weighted by Gasteiger charge is 2.11. The topological polar surface area (TPSA) is 68.0 Å². The molecule has 3 rings (SSSR count). The average molecular weight is 396 g/mol. The lowest BCUT2D eigenvalue weighted by atomic mass is 10.2. The number of rotatable bonds is 6. The van der Waals surface area contributed by atoms with Crippen LogP contribution in [0.1, 0.15) is 5.89 Å². The van der Waals surface area contributed by atoms with Gasteiger partial charge in [0.25, 0.3) is 0 Å². The third-order valence-electron chi connectivity index (χ3n) is 3.24. The Bertz CT molecular complexity index is 936. The predicted molar refractivity (Wildman–Crippen MR) is 93.7 cm³/mol. The Labute approximate surface area is 156 Å². The maximum Gasteiger partial charge on any atom is 0.246 e. The molecule has 0 spiro atoms. The summed E-state index contributed by atoms with van der Waals surface area (Å²) in [5, 5.41) is 6.98. The molecule has 0 aliphatic rings. The molecule has 0 saturated heterocycles. The van der Waals surface area contributed by atoms with Crippen molar-refractivity contribution in [3.8, 4) is 11.4 Å². The number of halogens is 3. The third-order valence-corrected chi connectivity index (χ3v) is 4.52. The fraction of sp³-hybridized carbons (Fsp3) is 0.118. The van der Waals surface area contributed by atoms with E-state index in [0.29, 0.717) is 16.4 Å². The summed E-state index contributed by atoms with van der Waals surface area (Å²) in [6, 6.07) is 10.2. The molecule has 1 amide bonds. The molecule has 26 heavy (non-hydrogen) atoms. The Morgan fingerprint density at radius 1 is 1.23 bits per heavy atom. The molecular formula is C17H12ClF2N3O2S. The van der Waals surface area contributed by atoms with E-state index in [-0.39, 0.29) is 29.0 Å². The van der Waals surface area contributed by atoms with Gasteiger partial charge in [0.2, 0.25) is 17.6 Å². The molecule has 134 valence electrons. The summed E-state index contributed by atoms with van der Waals surface area (Å²) in [6.45, 7) is 0.0405. The maximum absolute atomic E-state index is 13.5. The fourth-order valence-corrected chi connectivity index (χ4v) is 2.97. The van der Waals surface area contributed by atoms with Crippen molar-refractivity contribution < 1.29 is 18.1 Å². The monoisotopic (exact) mass is 395 g/mol. The number of nitrogens with one attached hydrogen (secondary N) is 1. The second kappa shape index (κ2) is 8.29. The van der Waals surface area contributed by atoms with Crippen LogP contribution in [0.4, 0.5) is 8.78 Å². The molecule has 0 radical (unpaired) electrons. The number of aromatic nitrogens is 2. The van der Waals surface area contributed by atoms with E-state index in [2.05, 4.69) is 15.5 Å². The number of amides is 1. The first kappa shape index (κ1) is 18.3. The molecule has 3 aromatic rings. The van der Waals surface area contributed by atoms with E-state index >= 15 is 0 Å². The minimum atomic E-state index is -0.703. The third kappa shape index (κ3) is 4.80. The zero-order valence-electron chi connectivity index (χ0n) is 13.2. The number of thioether (sulfide) groups is 1. The molecule has 5 nitrogen and oxygen atoms in total. The van der Waals surface area contributed by atoms with Gasteiger partial charge in [-0.25, -0.2) is 8.78 Å². The predicted octanol–water partition coefficient (Wildman–Crippen LogP) is 4.08. The zero-order valence-corrected chi connectivity index (χ0v) is 14.8. The number of hydrogen-bond acceptors (Lipinski definition) is 5. The Kier molecular flexibility index (Phi) is 5.85. The minimum Gasteiger partial charge on any atom is -0.346 e. The van der Waals surface area contributed by atoms with Crippen molar-refractivity contribution in [3.05, 3.63) is 65.0 Å². The molecule has 0 unspecified atom stereocenters. The average Bonchev–Trinajstić information content (AvgIpc) is 3.08. The summed E-state index contributed by atoms with van der Waals surface area (Å²) in [5.41, 5.74) is 0.696. The van der Waals surface area contributed by atoms with Gasteiger partial charge in [0.1, 0.15) is 11.6 Å². The molecule has 1 N–H and O–H groups in total. The van der Waals surface area contributed by atoms with Crippen LogP contribution in [-0.4, -0.2) is 21.8 Å². The van der Waals surface area contributed by atoms with Gasteiger partial charge in [0, 0.05) is 21.5 Å². The first-order valence-electron chi connectivity index (χ1n) is 7.44. The van der Waals surface area contributed by atoms with Crippen molar-refractivity contribution in [1.82, 2.24) is 15.5 Å². The van der Waals surface area contributed by atoms with Gasteiger partial charge in [0.05, 0.1) is 12.3 Å². The highest BCUT2D eigenvalue weighted by Crippen LogP contribution is 2.22. The molecule has 1 aromatic heterocycles. The lowest BCUT2D eigenvalue weighted by Gasteiger charge is -2.04. The second-order valence-corrected chi connectivity index (χ2v) is 6.62. The van der Waals surface area contributed by atoms with Crippen LogP contribution in [0, 0.1) is 11.6 Å². The Balaban J connectivity index is 1.52. The molecule has 0 bridgehead atoms. The highest BCUT2D eigenvalue weighted by molar-refractivity contribution is 8.00. The van der Waals surface area contributed by atoms with Gasteiger partial charge in [-0.2, -0.15) is 4.98 Å². The van der Waals surface area contributed by atoms with E-state index in [1.165, 1.54) is 6.07 Å². The molecule has 0 saturated carbocycles. The SMILES string of the molecule is O=C(CSc1ccc(F)cc1F)NCc1nc(-c2cccc(Cl)c2)no1. The fourth-order valence-electron chi connectivity index (χ4n) is 2.03. The van der Waals surface area contributed by atoms with E-state index in [0.717, 1.165) is 23.9 Å². The molecule has 0 fully saturated rings. The van der Waals surface area contributed by atoms with Crippen LogP contribution in [0.25, 0.3) is 11.4 Å². The quantitative estimate of drug-likeness (QED) is 0.637. The van der Waals surface area contributed by atoms with E-state index in [1.54, 1.807) is 24.3 Å². The smallest absolute Gasteiger partial charge is 0.246 e. The van der Waals surface area contributed by atoms with Crippen LogP contribution in [-0.2, 0) is 11.3 Å². The lowest BCUT2D eigenvalue weighted by molar-refractivity contribution is -0.118. The van der Waals surface area contributed by atoms with Crippen LogP contribution in [0.15, 0.2) is 51.9 Å². The van der Waals surface area contributed by atoms with E-state index in [1.807, 2.05) is 0 Å². The Morgan fingerprint density at radius 3 is 2.85 bits per heavy atom. The van der Waals surface area contributed by atoms with Crippen molar-refractivity contribution in [2.45, 2.75) is 11.4 Å². The summed E-state index contributed by atoms with van der Waals surface area (Å²) < 4.78 is 31.4. The lowest BCUT2D eigenvalue weighted by Crippen LogP contribution is -2.24. The van der Waals surface area contributed by atoms with E-state index in [9.17, 15) is 13.6 Å². The van der Waals surface area contributed by atoms with Gasteiger partial charge < -0.3 is 9.84 Å². The van der Waals surface area contributed by atoms with Gasteiger partial charge in [-0.15, -0.1) is 11.8 Å². The number of hydrogen-bond donors (Lipinski definition) is 1. The Morgan fingerprint density at radius 2 is 2.08 bits per heavy atom. The summed E-state index contributed by atoms with van der Waals surface area (Å²) in [4.78, 5) is 16.2. The molecular weight excluding hydrogens is 384 g/mol. The summed E-state index contributed by atoms with van der Waals surface area (Å²) in [5.74, 6) is -1.15. The van der Waals surface area contributed by atoms with Crippen LogP contribution in [0.2, 0.25) is 5.02 Å². The normalized spacial score (nSPS) is 10.7. The molecule has 0 atom stereocenters. The number of benzene rings is 2. The van der Waals surface area contributed by atoms with Crippen LogP contribution in [0.5, 0.6) is 0 Å². The van der Waals surface area contributed by atoms with Crippen LogP contribution < -0.4 is 5.32 Å². The number of nitrogens with zero attached hydrogens (tertiary/aromatic N) is 2. The van der Waals surface area contributed by atoms with Crippen LogP contribution >= 0.6 is 23.4 Å². The van der Waals surface area contributed by atoms with Gasteiger partial charge in [-0.3, -0.25) is 4.79 Å². The van der Waals surface area contributed by atoms with Gasteiger partial charge >= 0.3 is 0 Å².